The first-order valence-corrected chi connectivity index (χ1v) is 7.60. The van der Waals surface area contributed by atoms with Crippen LogP contribution >= 0.6 is 34.5 Å². The molecule has 1 unspecified atom stereocenters. The molecule has 1 N–H and O–H groups in total. The molecule has 0 aliphatic heterocycles. The van der Waals surface area contributed by atoms with Crippen molar-refractivity contribution in [3.63, 3.8) is 0 Å². The molecule has 0 bridgehead atoms. The Morgan fingerprint density at radius 2 is 2.05 bits per heavy atom. The minimum absolute atomic E-state index is 0.0564. The highest BCUT2D eigenvalue weighted by atomic mass is 35.5. The van der Waals surface area contributed by atoms with Gasteiger partial charge >= 0.3 is 0 Å². The second kappa shape index (κ2) is 6.62. The van der Waals surface area contributed by atoms with Crippen molar-refractivity contribution in [2.45, 2.75) is 13.0 Å². The molecule has 1 aromatic carbocycles. The van der Waals surface area contributed by atoms with Crippen molar-refractivity contribution in [3.8, 4) is 5.75 Å². The van der Waals surface area contributed by atoms with Crippen molar-refractivity contribution in [1.82, 2.24) is 5.32 Å². The van der Waals surface area contributed by atoms with Gasteiger partial charge in [-0.25, -0.2) is 0 Å². The van der Waals surface area contributed by atoms with Gasteiger partial charge in [0.25, 0.3) is 0 Å². The van der Waals surface area contributed by atoms with Gasteiger partial charge in [-0.3, -0.25) is 0 Å². The van der Waals surface area contributed by atoms with E-state index < -0.39 is 0 Å². The highest BCUT2D eigenvalue weighted by Crippen LogP contribution is 2.35. The number of benzene rings is 1. The van der Waals surface area contributed by atoms with Crippen molar-refractivity contribution in [3.05, 3.63) is 50.1 Å². The van der Waals surface area contributed by atoms with Crippen LogP contribution in [0.2, 0.25) is 10.0 Å². The molecule has 0 spiro atoms. The molecule has 2 nitrogen and oxygen atoms in total. The molecule has 0 aliphatic rings. The predicted octanol–water partition coefficient (Wildman–Crippen LogP) is 4.76. The van der Waals surface area contributed by atoms with E-state index in [0.29, 0.717) is 10.8 Å². The Morgan fingerprint density at radius 3 is 2.58 bits per heavy atom. The van der Waals surface area contributed by atoms with E-state index in [4.69, 9.17) is 27.9 Å². The van der Waals surface area contributed by atoms with Crippen LogP contribution in [0.25, 0.3) is 0 Å². The normalized spacial score (nSPS) is 12.4. The van der Waals surface area contributed by atoms with Gasteiger partial charge in [-0.15, -0.1) is 11.3 Å². The fourth-order valence-electron chi connectivity index (χ4n) is 1.94. The van der Waals surface area contributed by atoms with Crippen LogP contribution in [0.4, 0.5) is 0 Å². The van der Waals surface area contributed by atoms with E-state index >= 15 is 0 Å². The van der Waals surface area contributed by atoms with E-state index in [1.807, 2.05) is 29.6 Å². The summed E-state index contributed by atoms with van der Waals surface area (Å²) in [6.07, 6.45) is 0. The molecule has 1 heterocycles. The van der Waals surface area contributed by atoms with Gasteiger partial charge in [-0.05, 0) is 35.7 Å². The van der Waals surface area contributed by atoms with Crippen LogP contribution in [0.5, 0.6) is 5.75 Å². The molecule has 0 fully saturated rings. The minimum Gasteiger partial charge on any atom is -0.495 e. The Bertz CT molecular complexity index is 556. The third-order valence-corrected chi connectivity index (χ3v) is 4.54. The largest absolute Gasteiger partial charge is 0.495 e. The number of rotatable bonds is 5. The van der Waals surface area contributed by atoms with Crippen LogP contribution in [-0.2, 0) is 0 Å². The lowest BCUT2D eigenvalue weighted by molar-refractivity contribution is 0.414. The Labute approximate surface area is 127 Å². The average Bonchev–Trinajstić information content (AvgIpc) is 2.82. The molecule has 0 radical (unpaired) electrons. The van der Waals surface area contributed by atoms with Crippen molar-refractivity contribution < 1.29 is 4.74 Å². The number of methoxy groups -OCH3 is 1. The maximum atomic E-state index is 6.23. The first-order valence-electron chi connectivity index (χ1n) is 5.97. The second-order valence-electron chi connectivity index (χ2n) is 4.02. The summed E-state index contributed by atoms with van der Waals surface area (Å²) in [5.74, 6) is 0.679. The number of halogens is 2. The van der Waals surface area contributed by atoms with Crippen LogP contribution < -0.4 is 10.1 Å². The molecular weight excluding hydrogens is 301 g/mol. The van der Waals surface area contributed by atoms with Gasteiger partial charge < -0.3 is 10.1 Å². The van der Waals surface area contributed by atoms with E-state index in [0.717, 1.165) is 22.0 Å². The molecule has 2 aromatic rings. The number of hydrogen-bond donors (Lipinski definition) is 1. The molecule has 0 saturated carbocycles. The number of thiophene rings is 1. The summed E-state index contributed by atoms with van der Waals surface area (Å²) in [4.78, 5) is 1.10. The molecule has 1 atom stereocenters. The SMILES string of the molecule is CCNC(c1ccc(OC)c(Cl)c1)c1sccc1Cl. The summed E-state index contributed by atoms with van der Waals surface area (Å²) in [7, 11) is 1.61. The maximum Gasteiger partial charge on any atom is 0.137 e. The van der Waals surface area contributed by atoms with Crippen molar-refractivity contribution >= 4 is 34.5 Å². The molecule has 19 heavy (non-hydrogen) atoms. The lowest BCUT2D eigenvalue weighted by Gasteiger charge is -2.18. The van der Waals surface area contributed by atoms with Crippen LogP contribution in [0, 0.1) is 0 Å². The maximum absolute atomic E-state index is 6.23. The van der Waals surface area contributed by atoms with Gasteiger partial charge in [0.1, 0.15) is 5.75 Å². The summed E-state index contributed by atoms with van der Waals surface area (Å²) < 4.78 is 5.18. The molecule has 0 saturated heterocycles. The Balaban J connectivity index is 2.39. The zero-order valence-electron chi connectivity index (χ0n) is 10.7. The first kappa shape index (κ1) is 14.7. The van der Waals surface area contributed by atoms with Crippen LogP contribution in [0.15, 0.2) is 29.6 Å². The lowest BCUT2D eigenvalue weighted by Crippen LogP contribution is -2.21. The van der Waals surface area contributed by atoms with Gasteiger partial charge in [0, 0.05) is 4.88 Å². The van der Waals surface area contributed by atoms with Crippen LogP contribution in [0.3, 0.4) is 0 Å². The topological polar surface area (TPSA) is 21.3 Å². The van der Waals surface area contributed by atoms with E-state index in [1.54, 1.807) is 18.4 Å². The molecular formula is C14H15Cl2NOS. The zero-order valence-corrected chi connectivity index (χ0v) is 13.1. The average molecular weight is 316 g/mol. The summed E-state index contributed by atoms with van der Waals surface area (Å²) >= 11 is 14.1. The molecule has 5 heteroatoms. The van der Waals surface area contributed by atoms with E-state index in [9.17, 15) is 0 Å². The zero-order chi connectivity index (χ0) is 13.8. The Kier molecular flexibility index (Phi) is 5.11. The van der Waals surface area contributed by atoms with Crippen LogP contribution in [0.1, 0.15) is 23.4 Å². The highest BCUT2D eigenvalue weighted by molar-refractivity contribution is 7.10. The first-order chi connectivity index (χ1) is 9.17. The second-order valence-corrected chi connectivity index (χ2v) is 5.78. The van der Waals surface area contributed by atoms with Crippen molar-refractivity contribution in [2.75, 3.05) is 13.7 Å². The summed E-state index contributed by atoms with van der Waals surface area (Å²) in [5, 5.41) is 6.81. The standard InChI is InChI=1S/C14H15Cl2NOS/c1-3-17-13(14-10(15)6-7-19-14)9-4-5-12(18-2)11(16)8-9/h4-8,13,17H,3H2,1-2H3. The molecule has 2 rings (SSSR count). The smallest absolute Gasteiger partial charge is 0.137 e. The number of nitrogens with one attached hydrogen (secondary N) is 1. The van der Waals surface area contributed by atoms with E-state index in [2.05, 4.69) is 12.2 Å². The van der Waals surface area contributed by atoms with E-state index in [1.165, 1.54) is 0 Å². The van der Waals surface area contributed by atoms with Gasteiger partial charge in [-0.2, -0.15) is 0 Å². The van der Waals surface area contributed by atoms with Crippen molar-refractivity contribution in [1.29, 1.82) is 0 Å². The van der Waals surface area contributed by atoms with Gasteiger partial charge in [0.2, 0.25) is 0 Å². The summed E-state index contributed by atoms with van der Waals surface area (Å²) in [5.41, 5.74) is 1.08. The Hall–Kier alpha value is -0.740. The lowest BCUT2D eigenvalue weighted by atomic mass is 10.1. The molecule has 1 aromatic heterocycles. The van der Waals surface area contributed by atoms with Gasteiger partial charge in [0.15, 0.2) is 0 Å². The van der Waals surface area contributed by atoms with Crippen molar-refractivity contribution in [2.24, 2.45) is 0 Å². The van der Waals surface area contributed by atoms with Crippen LogP contribution in [-0.4, -0.2) is 13.7 Å². The van der Waals surface area contributed by atoms with Gasteiger partial charge in [-0.1, -0.05) is 36.2 Å². The van der Waals surface area contributed by atoms with E-state index in [-0.39, 0.29) is 6.04 Å². The summed E-state index contributed by atoms with van der Waals surface area (Å²) in [6, 6.07) is 7.78. The number of ether oxygens (including phenoxy) is 1. The summed E-state index contributed by atoms with van der Waals surface area (Å²) in [6.45, 7) is 2.92. The predicted molar refractivity (Wildman–Crippen MR) is 82.9 cm³/mol. The monoisotopic (exact) mass is 315 g/mol. The fraction of sp³-hybridized carbons (Fsp3) is 0.286. The highest BCUT2D eigenvalue weighted by Gasteiger charge is 2.18. The van der Waals surface area contributed by atoms with Gasteiger partial charge in [0.05, 0.1) is 23.2 Å². The molecule has 0 aliphatic carbocycles. The minimum atomic E-state index is 0.0564. The fourth-order valence-corrected chi connectivity index (χ4v) is 3.47. The Morgan fingerprint density at radius 1 is 1.26 bits per heavy atom. The number of hydrogen-bond acceptors (Lipinski definition) is 3. The third kappa shape index (κ3) is 3.23. The third-order valence-electron chi connectivity index (χ3n) is 2.82. The molecule has 0 amide bonds. The quantitative estimate of drug-likeness (QED) is 0.858. The molecule has 102 valence electrons.